The highest BCUT2D eigenvalue weighted by Gasteiger charge is 2.32. The van der Waals surface area contributed by atoms with Crippen LogP contribution in [0.5, 0.6) is 0 Å². The minimum absolute atomic E-state index is 0.0429. The van der Waals surface area contributed by atoms with Crippen molar-refractivity contribution in [3.8, 4) is 0 Å². The first-order chi connectivity index (χ1) is 16.1. The van der Waals surface area contributed by atoms with E-state index in [0.717, 1.165) is 16.1 Å². The van der Waals surface area contributed by atoms with Gasteiger partial charge in [0.25, 0.3) is 5.91 Å². The van der Waals surface area contributed by atoms with Crippen molar-refractivity contribution in [3.05, 3.63) is 75.5 Å². The van der Waals surface area contributed by atoms with Gasteiger partial charge in [0, 0.05) is 23.9 Å². The Morgan fingerprint density at radius 3 is 2.70 bits per heavy atom. The van der Waals surface area contributed by atoms with Gasteiger partial charge in [-0.25, -0.2) is 4.98 Å². The van der Waals surface area contributed by atoms with Gasteiger partial charge in [-0.05, 0) is 36.8 Å². The molecule has 3 aromatic rings. The summed E-state index contributed by atoms with van der Waals surface area (Å²) >= 11 is 1.64. The molecule has 0 bridgehead atoms. The zero-order valence-electron chi connectivity index (χ0n) is 18.7. The van der Waals surface area contributed by atoms with E-state index in [1.54, 1.807) is 17.7 Å². The molecule has 172 valence electrons. The number of nitrogens with one attached hydrogen (secondary N) is 1. The van der Waals surface area contributed by atoms with Gasteiger partial charge in [0.15, 0.2) is 5.69 Å². The van der Waals surface area contributed by atoms with E-state index in [4.69, 9.17) is 4.74 Å². The molecule has 33 heavy (non-hydrogen) atoms. The fourth-order valence-corrected chi connectivity index (χ4v) is 5.16. The molecule has 7 nitrogen and oxygen atoms in total. The second kappa shape index (κ2) is 9.49. The molecule has 4 heterocycles. The Hall–Kier alpha value is -2.97. The number of likely N-dealkylation sites (tertiary alicyclic amines) is 1. The molecule has 2 amide bonds. The van der Waals surface area contributed by atoms with Crippen molar-refractivity contribution in [1.29, 1.82) is 0 Å². The van der Waals surface area contributed by atoms with Gasteiger partial charge in [0.1, 0.15) is 6.10 Å². The smallest absolute Gasteiger partial charge is 0.274 e. The predicted octanol–water partition coefficient (Wildman–Crippen LogP) is 3.69. The summed E-state index contributed by atoms with van der Waals surface area (Å²) < 4.78 is 8.12. The van der Waals surface area contributed by atoms with Crippen LogP contribution in [-0.4, -0.2) is 39.4 Å². The largest absolute Gasteiger partial charge is 0.365 e. The summed E-state index contributed by atoms with van der Waals surface area (Å²) in [5.74, 6) is -0.0486. The molecule has 5 rings (SSSR count). The van der Waals surface area contributed by atoms with E-state index in [9.17, 15) is 9.59 Å². The van der Waals surface area contributed by atoms with Crippen LogP contribution in [0.4, 0.5) is 0 Å². The number of carbonyl (C=O) groups excluding carboxylic acids is 2. The third-order valence-electron chi connectivity index (χ3n) is 6.55. The molecule has 0 saturated carbocycles. The van der Waals surface area contributed by atoms with Gasteiger partial charge in [-0.2, -0.15) is 0 Å². The Morgan fingerprint density at radius 1 is 1.18 bits per heavy atom. The SMILES string of the molecule is Cc1ccc(C2Cn3cnc(C(=O)N4CCC(C(=O)NCc5cccs5)CC4)c3CO2)cc1. The van der Waals surface area contributed by atoms with Crippen LogP contribution in [0.15, 0.2) is 48.1 Å². The van der Waals surface area contributed by atoms with Crippen LogP contribution in [0.25, 0.3) is 0 Å². The normalized spacial score (nSPS) is 18.7. The summed E-state index contributed by atoms with van der Waals surface area (Å²) in [6.07, 6.45) is 3.05. The van der Waals surface area contributed by atoms with Crippen LogP contribution in [0.3, 0.4) is 0 Å². The van der Waals surface area contributed by atoms with E-state index in [0.29, 0.717) is 51.3 Å². The van der Waals surface area contributed by atoms with Crippen molar-refractivity contribution in [2.45, 2.75) is 45.6 Å². The first-order valence-electron chi connectivity index (χ1n) is 11.4. The second-order valence-corrected chi connectivity index (χ2v) is 9.80. The van der Waals surface area contributed by atoms with Crippen LogP contribution in [-0.2, 0) is 29.2 Å². The van der Waals surface area contributed by atoms with Gasteiger partial charge in [0.05, 0.1) is 31.7 Å². The highest BCUT2D eigenvalue weighted by atomic mass is 32.1. The summed E-state index contributed by atoms with van der Waals surface area (Å²) in [5, 5.41) is 5.03. The van der Waals surface area contributed by atoms with Crippen molar-refractivity contribution >= 4 is 23.2 Å². The maximum absolute atomic E-state index is 13.2. The molecule has 2 aliphatic rings. The molecule has 0 radical (unpaired) electrons. The maximum Gasteiger partial charge on any atom is 0.274 e. The van der Waals surface area contributed by atoms with E-state index in [1.807, 2.05) is 27.0 Å². The number of aromatic nitrogens is 2. The van der Waals surface area contributed by atoms with Gasteiger partial charge >= 0.3 is 0 Å². The first-order valence-corrected chi connectivity index (χ1v) is 12.3. The topological polar surface area (TPSA) is 76.5 Å². The van der Waals surface area contributed by atoms with Gasteiger partial charge in [-0.3, -0.25) is 9.59 Å². The number of amides is 2. The Balaban J connectivity index is 1.17. The van der Waals surface area contributed by atoms with Crippen LogP contribution >= 0.6 is 11.3 Å². The molecule has 1 fully saturated rings. The third-order valence-corrected chi connectivity index (χ3v) is 7.43. The number of carbonyl (C=O) groups is 2. The van der Waals surface area contributed by atoms with Gasteiger partial charge < -0.3 is 19.5 Å². The standard InChI is InChI=1S/C25H28N4O3S/c1-17-4-6-18(7-5-17)22-14-29-16-27-23(21(29)15-32-22)25(31)28-10-8-19(9-11-28)24(30)26-13-20-3-2-12-33-20/h2-7,12,16,19,22H,8-11,13-15H2,1H3,(H,26,30). The number of ether oxygens (including phenoxy) is 1. The molecule has 1 atom stereocenters. The predicted molar refractivity (Wildman–Crippen MR) is 126 cm³/mol. The summed E-state index contributed by atoms with van der Waals surface area (Å²) in [6, 6.07) is 12.4. The number of nitrogens with zero attached hydrogens (tertiary/aromatic N) is 3. The lowest BCUT2D eigenvalue weighted by atomic mass is 9.95. The molecule has 2 aromatic heterocycles. The molecule has 1 saturated heterocycles. The lowest BCUT2D eigenvalue weighted by Crippen LogP contribution is -2.43. The van der Waals surface area contributed by atoms with Crippen LogP contribution in [0.2, 0.25) is 0 Å². The monoisotopic (exact) mass is 464 g/mol. The highest BCUT2D eigenvalue weighted by molar-refractivity contribution is 7.09. The quantitative estimate of drug-likeness (QED) is 0.625. The minimum atomic E-state index is -0.0708. The number of rotatable bonds is 5. The maximum atomic E-state index is 13.2. The first kappa shape index (κ1) is 21.9. The summed E-state index contributed by atoms with van der Waals surface area (Å²) in [5.41, 5.74) is 3.65. The Morgan fingerprint density at radius 2 is 1.97 bits per heavy atom. The van der Waals surface area contributed by atoms with Crippen molar-refractivity contribution in [1.82, 2.24) is 19.8 Å². The molecule has 1 N–H and O–H groups in total. The van der Waals surface area contributed by atoms with Gasteiger partial charge in [0.2, 0.25) is 5.91 Å². The summed E-state index contributed by atoms with van der Waals surface area (Å²) in [7, 11) is 0. The van der Waals surface area contributed by atoms with Crippen LogP contribution in [0.1, 0.15) is 51.1 Å². The lowest BCUT2D eigenvalue weighted by Gasteiger charge is -2.31. The molecule has 0 spiro atoms. The van der Waals surface area contributed by atoms with Crippen LogP contribution in [0, 0.1) is 12.8 Å². The van der Waals surface area contributed by atoms with Crippen molar-refractivity contribution < 1.29 is 14.3 Å². The number of hydrogen-bond acceptors (Lipinski definition) is 5. The number of thiophene rings is 1. The molecule has 2 aliphatic heterocycles. The average Bonchev–Trinajstić information content (AvgIpc) is 3.52. The van der Waals surface area contributed by atoms with Gasteiger partial charge in [-0.15, -0.1) is 11.3 Å². The van der Waals surface area contributed by atoms with E-state index >= 15 is 0 Å². The van der Waals surface area contributed by atoms with Crippen molar-refractivity contribution in [2.75, 3.05) is 13.1 Å². The van der Waals surface area contributed by atoms with Gasteiger partial charge in [-0.1, -0.05) is 35.9 Å². The van der Waals surface area contributed by atoms with Crippen molar-refractivity contribution in [2.24, 2.45) is 5.92 Å². The number of imidazole rings is 1. The Labute approximate surface area is 197 Å². The number of fused-ring (bicyclic) bond motifs is 1. The van der Waals surface area contributed by atoms with E-state index in [1.165, 1.54) is 5.56 Å². The Kier molecular flexibility index (Phi) is 6.28. The molecule has 8 heteroatoms. The molecule has 1 unspecified atom stereocenters. The molecule has 1 aromatic carbocycles. The zero-order valence-corrected chi connectivity index (χ0v) is 19.5. The zero-order chi connectivity index (χ0) is 22.8. The average molecular weight is 465 g/mol. The minimum Gasteiger partial charge on any atom is -0.365 e. The number of hydrogen-bond donors (Lipinski definition) is 1. The summed E-state index contributed by atoms with van der Waals surface area (Å²) in [6.45, 7) is 4.77. The Bertz CT molecular complexity index is 1120. The fourth-order valence-electron chi connectivity index (χ4n) is 4.51. The molecular formula is C25H28N4O3S. The number of piperidine rings is 1. The summed E-state index contributed by atoms with van der Waals surface area (Å²) in [4.78, 5) is 33.1. The van der Waals surface area contributed by atoms with E-state index < -0.39 is 0 Å². The third kappa shape index (κ3) is 4.72. The molecule has 0 aliphatic carbocycles. The van der Waals surface area contributed by atoms with Crippen molar-refractivity contribution in [3.63, 3.8) is 0 Å². The van der Waals surface area contributed by atoms with Crippen LogP contribution < -0.4 is 5.32 Å². The van der Waals surface area contributed by atoms with E-state index in [-0.39, 0.29) is 23.8 Å². The van der Waals surface area contributed by atoms with E-state index in [2.05, 4.69) is 41.5 Å². The lowest BCUT2D eigenvalue weighted by molar-refractivity contribution is -0.126. The highest BCUT2D eigenvalue weighted by Crippen LogP contribution is 2.29. The molecular weight excluding hydrogens is 436 g/mol. The second-order valence-electron chi connectivity index (χ2n) is 8.77. The number of benzene rings is 1. The number of aryl methyl sites for hydroxylation is 1. The fraction of sp³-hybridized carbons (Fsp3) is 0.400.